The molecule has 0 saturated carbocycles. The van der Waals surface area contributed by atoms with Gasteiger partial charge >= 0.3 is 5.69 Å². The molecule has 0 spiro atoms. The van der Waals surface area contributed by atoms with E-state index in [0.29, 0.717) is 0 Å². The van der Waals surface area contributed by atoms with Crippen molar-refractivity contribution < 1.29 is 0 Å². The number of aromatic amines is 1. The number of halogens is 2. The average Bonchev–Trinajstić information content (AvgIpc) is 2.52. The summed E-state index contributed by atoms with van der Waals surface area (Å²) in [6, 6.07) is 0. The molecule has 2 rings (SSSR count). The molecular formula is C6H3Cl2N5O. The molecule has 0 aromatic carbocycles. The van der Waals surface area contributed by atoms with E-state index in [9.17, 15) is 4.79 Å². The number of nitrogens with zero attached hydrogens (tertiary/aromatic N) is 4. The molecule has 2 heterocycles. The van der Waals surface area contributed by atoms with E-state index in [2.05, 4.69) is 20.5 Å². The molecule has 0 radical (unpaired) electrons. The zero-order chi connectivity index (χ0) is 10.1. The van der Waals surface area contributed by atoms with Gasteiger partial charge in [-0.2, -0.15) is 4.68 Å². The third kappa shape index (κ3) is 1.38. The molecule has 72 valence electrons. The monoisotopic (exact) mass is 231 g/mol. The van der Waals surface area contributed by atoms with E-state index in [4.69, 9.17) is 23.2 Å². The van der Waals surface area contributed by atoms with Crippen LogP contribution in [0.3, 0.4) is 0 Å². The summed E-state index contributed by atoms with van der Waals surface area (Å²) in [5, 5.41) is 9.42. The Morgan fingerprint density at radius 3 is 2.43 bits per heavy atom. The van der Waals surface area contributed by atoms with E-state index in [1.165, 1.54) is 12.4 Å². The minimum Gasteiger partial charge on any atom is -0.261 e. The predicted octanol–water partition coefficient (Wildman–Crippen LogP) is 0.657. The highest BCUT2D eigenvalue weighted by atomic mass is 35.5. The van der Waals surface area contributed by atoms with Gasteiger partial charge < -0.3 is 0 Å². The van der Waals surface area contributed by atoms with Crippen LogP contribution in [0.25, 0.3) is 5.69 Å². The van der Waals surface area contributed by atoms with Gasteiger partial charge in [0.05, 0.1) is 10.0 Å². The van der Waals surface area contributed by atoms with Crippen LogP contribution in [-0.4, -0.2) is 25.2 Å². The van der Waals surface area contributed by atoms with Crippen LogP contribution in [0.5, 0.6) is 0 Å². The zero-order valence-corrected chi connectivity index (χ0v) is 8.12. The first-order chi connectivity index (χ1) is 6.70. The molecule has 6 nitrogen and oxygen atoms in total. The minimum absolute atomic E-state index is 0.230. The van der Waals surface area contributed by atoms with Gasteiger partial charge in [0.15, 0.2) is 0 Å². The lowest BCUT2D eigenvalue weighted by Crippen LogP contribution is -2.16. The van der Waals surface area contributed by atoms with Crippen molar-refractivity contribution in [2.75, 3.05) is 0 Å². The highest BCUT2D eigenvalue weighted by Crippen LogP contribution is 2.24. The summed E-state index contributed by atoms with van der Waals surface area (Å²) in [5.41, 5.74) is -0.248. The number of aromatic nitrogens is 5. The largest absolute Gasteiger partial charge is 0.365 e. The molecule has 0 amide bonds. The Morgan fingerprint density at radius 2 is 1.93 bits per heavy atom. The number of pyridine rings is 1. The van der Waals surface area contributed by atoms with Gasteiger partial charge in [-0.3, -0.25) is 4.98 Å². The summed E-state index contributed by atoms with van der Waals surface area (Å²) in [7, 11) is 0. The first-order valence-electron chi connectivity index (χ1n) is 3.50. The lowest BCUT2D eigenvalue weighted by Gasteiger charge is -2.02. The molecule has 0 saturated heterocycles. The van der Waals surface area contributed by atoms with Crippen molar-refractivity contribution in [3.05, 3.63) is 32.9 Å². The topological polar surface area (TPSA) is 76.5 Å². The Hall–Kier alpha value is -1.40. The molecule has 2 aromatic rings. The third-order valence-electron chi connectivity index (χ3n) is 1.51. The second kappa shape index (κ2) is 3.39. The van der Waals surface area contributed by atoms with Gasteiger partial charge in [0.2, 0.25) is 0 Å². The summed E-state index contributed by atoms with van der Waals surface area (Å²) in [6.07, 6.45) is 2.73. The molecular weight excluding hydrogens is 229 g/mol. The van der Waals surface area contributed by atoms with E-state index in [0.717, 1.165) is 4.68 Å². The molecule has 0 aliphatic rings. The van der Waals surface area contributed by atoms with Crippen molar-refractivity contribution in [1.82, 2.24) is 25.2 Å². The Bertz CT molecular complexity index is 499. The normalized spacial score (nSPS) is 10.4. The quantitative estimate of drug-likeness (QED) is 0.783. The smallest absolute Gasteiger partial charge is 0.261 e. The number of H-pyrrole nitrogens is 1. The Kier molecular flexibility index (Phi) is 2.22. The summed E-state index contributed by atoms with van der Waals surface area (Å²) in [6.45, 7) is 0. The average molecular weight is 232 g/mol. The fraction of sp³-hybridized carbons (Fsp3) is 0. The molecule has 2 aromatic heterocycles. The van der Waals surface area contributed by atoms with Gasteiger partial charge in [-0.15, -0.1) is 0 Å². The van der Waals surface area contributed by atoms with Crippen molar-refractivity contribution in [2.45, 2.75) is 0 Å². The van der Waals surface area contributed by atoms with Crippen LogP contribution in [0.15, 0.2) is 17.2 Å². The van der Waals surface area contributed by atoms with Gasteiger partial charge in [-0.05, 0) is 10.4 Å². The summed E-state index contributed by atoms with van der Waals surface area (Å²) >= 11 is 11.6. The lowest BCUT2D eigenvalue weighted by molar-refractivity contribution is 0.778. The fourth-order valence-corrected chi connectivity index (χ4v) is 1.48. The van der Waals surface area contributed by atoms with Gasteiger partial charge in [-0.25, -0.2) is 9.89 Å². The molecule has 0 aliphatic heterocycles. The third-order valence-corrected chi connectivity index (χ3v) is 2.07. The van der Waals surface area contributed by atoms with Crippen molar-refractivity contribution in [1.29, 1.82) is 0 Å². The number of hydrogen-bond donors (Lipinski definition) is 1. The van der Waals surface area contributed by atoms with Crippen LogP contribution in [0, 0.1) is 0 Å². The zero-order valence-electron chi connectivity index (χ0n) is 6.61. The standard InChI is InChI=1S/C6H3Cl2N5O/c7-3-1-9-2-4(8)5(3)13-6(14)10-11-12-13/h1-2H,(H,10,12,14). The molecule has 0 bridgehead atoms. The van der Waals surface area contributed by atoms with Gasteiger partial charge in [0, 0.05) is 12.4 Å². The van der Waals surface area contributed by atoms with Crippen molar-refractivity contribution in [3.63, 3.8) is 0 Å². The number of nitrogens with one attached hydrogen (secondary N) is 1. The maximum absolute atomic E-state index is 11.2. The molecule has 0 unspecified atom stereocenters. The highest BCUT2D eigenvalue weighted by molar-refractivity contribution is 6.37. The van der Waals surface area contributed by atoms with Gasteiger partial charge in [0.25, 0.3) is 0 Å². The van der Waals surface area contributed by atoms with Crippen LogP contribution in [-0.2, 0) is 0 Å². The van der Waals surface area contributed by atoms with Crippen LogP contribution >= 0.6 is 23.2 Å². The fourth-order valence-electron chi connectivity index (χ4n) is 0.951. The first-order valence-corrected chi connectivity index (χ1v) is 4.25. The minimum atomic E-state index is -0.514. The predicted molar refractivity (Wildman–Crippen MR) is 49.8 cm³/mol. The van der Waals surface area contributed by atoms with E-state index in [1.54, 1.807) is 0 Å². The van der Waals surface area contributed by atoms with Crippen molar-refractivity contribution in [3.8, 4) is 5.69 Å². The molecule has 0 fully saturated rings. The molecule has 8 heteroatoms. The van der Waals surface area contributed by atoms with Crippen LogP contribution < -0.4 is 5.69 Å². The maximum atomic E-state index is 11.2. The second-order valence-electron chi connectivity index (χ2n) is 2.37. The van der Waals surface area contributed by atoms with Crippen molar-refractivity contribution >= 4 is 23.2 Å². The lowest BCUT2D eigenvalue weighted by atomic mass is 10.4. The molecule has 14 heavy (non-hydrogen) atoms. The van der Waals surface area contributed by atoms with Crippen molar-refractivity contribution in [2.24, 2.45) is 0 Å². The Balaban J connectivity index is 2.74. The summed E-state index contributed by atoms with van der Waals surface area (Å²) in [4.78, 5) is 14.9. The van der Waals surface area contributed by atoms with E-state index in [1.807, 2.05) is 0 Å². The van der Waals surface area contributed by atoms with Gasteiger partial charge in [0.1, 0.15) is 5.69 Å². The molecule has 0 aliphatic carbocycles. The van der Waals surface area contributed by atoms with Crippen LogP contribution in [0.1, 0.15) is 0 Å². The van der Waals surface area contributed by atoms with Crippen LogP contribution in [0.2, 0.25) is 10.0 Å². The second-order valence-corrected chi connectivity index (χ2v) is 3.18. The number of hydrogen-bond acceptors (Lipinski definition) is 4. The van der Waals surface area contributed by atoms with E-state index < -0.39 is 5.69 Å². The SMILES string of the molecule is O=c1[nH]nnn1-c1c(Cl)cncc1Cl. The maximum Gasteiger partial charge on any atom is 0.365 e. The summed E-state index contributed by atoms with van der Waals surface area (Å²) in [5.74, 6) is 0. The number of tetrazole rings is 1. The molecule has 1 N–H and O–H groups in total. The highest BCUT2D eigenvalue weighted by Gasteiger charge is 2.11. The summed E-state index contributed by atoms with van der Waals surface area (Å²) < 4.78 is 0.965. The molecule has 0 atom stereocenters. The van der Waals surface area contributed by atoms with E-state index >= 15 is 0 Å². The van der Waals surface area contributed by atoms with Gasteiger partial charge in [-0.1, -0.05) is 23.2 Å². The van der Waals surface area contributed by atoms with E-state index in [-0.39, 0.29) is 15.7 Å². The number of rotatable bonds is 1. The first kappa shape index (κ1) is 9.17. The Morgan fingerprint density at radius 1 is 1.29 bits per heavy atom. The van der Waals surface area contributed by atoms with Crippen LogP contribution in [0.4, 0.5) is 0 Å². The Labute approximate surface area is 87.5 Å².